The number of piperidine rings is 1. The number of nitrogens with zero attached hydrogens (tertiary/aromatic N) is 1. The summed E-state index contributed by atoms with van der Waals surface area (Å²) < 4.78 is 5.45. The molecule has 2 rings (SSSR count). The maximum atomic E-state index is 11.9. The Hall–Kier alpha value is -2.04. The van der Waals surface area contributed by atoms with Crippen molar-refractivity contribution >= 4 is 11.9 Å². The first-order valence-electron chi connectivity index (χ1n) is 6.82. The molecule has 5 heteroatoms. The Labute approximate surface area is 118 Å². The van der Waals surface area contributed by atoms with E-state index in [0.717, 1.165) is 25.9 Å². The first-order valence-corrected chi connectivity index (χ1v) is 6.82. The van der Waals surface area contributed by atoms with Crippen molar-refractivity contribution in [3.05, 3.63) is 29.3 Å². The van der Waals surface area contributed by atoms with Crippen LogP contribution in [0.4, 0.5) is 0 Å². The van der Waals surface area contributed by atoms with Crippen molar-refractivity contribution in [2.75, 3.05) is 19.7 Å². The van der Waals surface area contributed by atoms with Crippen molar-refractivity contribution in [1.29, 1.82) is 0 Å². The number of hydrogen-bond acceptors (Lipinski definition) is 3. The second-order valence-corrected chi connectivity index (χ2v) is 5.01. The molecule has 1 amide bonds. The number of benzene rings is 1. The van der Waals surface area contributed by atoms with E-state index >= 15 is 0 Å². The predicted molar refractivity (Wildman–Crippen MR) is 74.1 cm³/mol. The van der Waals surface area contributed by atoms with Crippen LogP contribution in [0.3, 0.4) is 0 Å². The molecule has 1 aromatic carbocycles. The summed E-state index contributed by atoms with van der Waals surface area (Å²) in [5.74, 6) is -0.444. The molecule has 1 N–H and O–H groups in total. The van der Waals surface area contributed by atoms with Gasteiger partial charge in [0.05, 0.1) is 5.56 Å². The van der Waals surface area contributed by atoms with Crippen LogP contribution >= 0.6 is 0 Å². The summed E-state index contributed by atoms with van der Waals surface area (Å²) in [7, 11) is 0. The molecule has 1 aliphatic rings. The molecule has 1 aromatic rings. The summed E-state index contributed by atoms with van der Waals surface area (Å²) in [6, 6.07) is 4.73. The zero-order valence-electron chi connectivity index (χ0n) is 11.6. The maximum absolute atomic E-state index is 11.9. The quantitative estimate of drug-likeness (QED) is 0.915. The van der Waals surface area contributed by atoms with Gasteiger partial charge in [-0.2, -0.15) is 0 Å². The fraction of sp³-hybridized carbons (Fsp3) is 0.467. The largest absolute Gasteiger partial charge is 0.484 e. The highest BCUT2D eigenvalue weighted by Crippen LogP contribution is 2.17. The van der Waals surface area contributed by atoms with Crippen LogP contribution in [0.25, 0.3) is 0 Å². The van der Waals surface area contributed by atoms with Gasteiger partial charge in [-0.3, -0.25) is 4.79 Å². The van der Waals surface area contributed by atoms with Gasteiger partial charge in [-0.05, 0) is 49.9 Å². The number of rotatable bonds is 4. The van der Waals surface area contributed by atoms with E-state index in [9.17, 15) is 9.59 Å². The molecule has 20 heavy (non-hydrogen) atoms. The molecule has 0 aromatic heterocycles. The van der Waals surface area contributed by atoms with Crippen molar-refractivity contribution in [2.24, 2.45) is 0 Å². The van der Waals surface area contributed by atoms with E-state index < -0.39 is 5.97 Å². The van der Waals surface area contributed by atoms with Gasteiger partial charge in [-0.15, -0.1) is 0 Å². The van der Waals surface area contributed by atoms with Gasteiger partial charge in [0.1, 0.15) is 5.75 Å². The van der Waals surface area contributed by atoms with Crippen LogP contribution in [0.2, 0.25) is 0 Å². The highest BCUT2D eigenvalue weighted by molar-refractivity contribution is 5.89. The average Bonchev–Trinajstić information content (AvgIpc) is 2.45. The number of carbonyl (C=O) groups is 2. The van der Waals surface area contributed by atoms with E-state index in [1.807, 2.05) is 4.90 Å². The van der Waals surface area contributed by atoms with E-state index in [1.165, 1.54) is 12.5 Å². The molecule has 0 radical (unpaired) electrons. The lowest BCUT2D eigenvalue weighted by atomic mass is 10.1. The van der Waals surface area contributed by atoms with E-state index in [4.69, 9.17) is 9.84 Å². The lowest BCUT2D eigenvalue weighted by molar-refractivity contribution is -0.134. The number of aromatic carboxylic acids is 1. The number of carboxylic acids is 1. The highest BCUT2D eigenvalue weighted by atomic mass is 16.5. The number of carbonyl (C=O) groups excluding carboxylic acids is 1. The molecule has 0 atom stereocenters. The SMILES string of the molecule is Cc1cc(OCC(=O)N2CCCCC2)ccc1C(=O)O. The number of amides is 1. The van der Waals surface area contributed by atoms with Gasteiger partial charge in [0.25, 0.3) is 5.91 Å². The Bertz CT molecular complexity index is 507. The van der Waals surface area contributed by atoms with E-state index in [2.05, 4.69) is 0 Å². The lowest BCUT2D eigenvalue weighted by Gasteiger charge is -2.26. The van der Waals surface area contributed by atoms with E-state index in [1.54, 1.807) is 19.1 Å². The van der Waals surface area contributed by atoms with Gasteiger partial charge in [0.15, 0.2) is 6.61 Å². The molecule has 0 aliphatic carbocycles. The van der Waals surface area contributed by atoms with E-state index in [0.29, 0.717) is 11.3 Å². The van der Waals surface area contributed by atoms with Gasteiger partial charge in [0.2, 0.25) is 0 Å². The van der Waals surface area contributed by atoms with Gasteiger partial charge < -0.3 is 14.7 Å². The monoisotopic (exact) mass is 277 g/mol. The molecule has 1 saturated heterocycles. The summed E-state index contributed by atoms with van der Waals surface area (Å²) >= 11 is 0. The first kappa shape index (κ1) is 14.4. The Morgan fingerprint density at radius 1 is 1.25 bits per heavy atom. The minimum Gasteiger partial charge on any atom is -0.484 e. The van der Waals surface area contributed by atoms with Crippen LogP contribution in [0.5, 0.6) is 5.75 Å². The summed E-state index contributed by atoms with van der Waals surface area (Å²) in [5.41, 5.74) is 0.875. The number of aryl methyl sites for hydroxylation is 1. The fourth-order valence-electron chi connectivity index (χ4n) is 2.35. The minimum absolute atomic E-state index is 0.00581. The summed E-state index contributed by atoms with van der Waals surface area (Å²) in [6.45, 7) is 3.33. The third-order valence-corrected chi connectivity index (χ3v) is 3.50. The molecule has 108 valence electrons. The Kier molecular flexibility index (Phi) is 4.61. The molecule has 1 aliphatic heterocycles. The van der Waals surface area contributed by atoms with Crippen LogP contribution in [0.15, 0.2) is 18.2 Å². The van der Waals surface area contributed by atoms with Crippen molar-refractivity contribution in [1.82, 2.24) is 4.90 Å². The zero-order valence-corrected chi connectivity index (χ0v) is 11.6. The zero-order chi connectivity index (χ0) is 14.5. The number of likely N-dealkylation sites (tertiary alicyclic amines) is 1. The molecule has 5 nitrogen and oxygen atoms in total. The van der Waals surface area contributed by atoms with Gasteiger partial charge in [-0.1, -0.05) is 0 Å². The molecule has 0 spiro atoms. The van der Waals surface area contributed by atoms with Gasteiger partial charge in [0, 0.05) is 13.1 Å². The van der Waals surface area contributed by atoms with Crippen LogP contribution < -0.4 is 4.74 Å². The topological polar surface area (TPSA) is 66.8 Å². The summed E-state index contributed by atoms with van der Waals surface area (Å²) in [4.78, 5) is 24.7. The average molecular weight is 277 g/mol. The van der Waals surface area contributed by atoms with Gasteiger partial charge in [-0.25, -0.2) is 4.79 Å². The van der Waals surface area contributed by atoms with Gasteiger partial charge >= 0.3 is 5.97 Å². The van der Waals surface area contributed by atoms with Crippen molar-refractivity contribution < 1.29 is 19.4 Å². The Morgan fingerprint density at radius 3 is 2.55 bits per heavy atom. The minimum atomic E-state index is -0.960. The van der Waals surface area contributed by atoms with Crippen molar-refractivity contribution in [2.45, 2.75) is 26.2 Å². The first-order chi connectivity index (χ1) is 9.58. The number of carboxylic acid groups (broad SMARTS) is 1. The summed E-state index contributed by atoms with van der Waals surface area (Å²) in [5, 5.41) is 8.94. The molecule has 0 bridgehead atoms. The predicted octanol–water partition coefficient (Wildman–Crippen LogP) is 2.08. The normalized spacial score (nSPS) is 14.9. The molecular formula is C15H19NO4. The van der Waals surface area contributed by atoms with Crippen LogP contribution in [-0.4, -0.2) is 41.6 Å². The van der Waals surface area contributed by atoms with Crippen LogP contribution in [0, 0.1) is 6.92 Å². The molecule has 1 fully saturated rings. The van der Waals surface area contributed by atoms with Crippen molar-refractivity contribution in [3.8, 4) is 5.75 Å². The molecule has 0 saturated carbocycles. The van der Waals surface area contributed by atoms with Crippen LogP contribution in [-0.2, 0) is 4.79 Å². The molecule has 1 heterocycles. The Balaban J connectivity index is 1.92. The fourth-order valence-corrected chi connectivity index (χ4v) is 2.35. The second kappa shape index (κ2) is 6.41. The number of ether oxygens (including phenoxy) is 1. The van der Waals surface area contributed by atoms with E-state index in [-0.39, 0.29) is 18.1 Å². The summed E-state index contributed by atoms with van der Waals surface area (Å²) in [6.07, 6.45) is 3.29. The number of hydrogen-bond donors (Lipinski definition) is 1. The third-order valence-electron chi connectivity index (χ3n) is 3.50. The molecular weight excluding hydrogens is 258 g/mol. The molecule has 0 unspecified atom stereocenters. The smallest absolute Gasteiger partial charge is 0.335 e. The van der Waals surface area contributed by atoms with Crippen molar-refractivity contribution in [3.63, 3.8) is 0 Å². The Morgan fingerprint density at radius 2 is 1.95 bits per heavy atom. The third kappa shape index (κ3) is 3.50. The standard InChI is InChI=1S/C15H19NO4/c1-11-9-12(5-6-13(11)15(18)19)20-10-14(17)16-7-3-2-4-8-16/h5-6,9H,2-4,7-8,10H2,1H3,(H,18,19). The highest BCUT2D eigenvalue weighted by Gasteiger charge is 2.17. The van der Waals surface area contributed by atoms with Crippen LogP contribution in [0.1, 0.15) is 35.2 Å². The lowest BCUT2D eigenvalue weighted by Crippen LogP contribution is -2.38. The second-order valence-electron chi connectivity index (χ2n) is 5.01. The maximum Gasteiger partial charge on any atom is 0.335 e.